The minimum atomic E-state index is -0.402. The molecule has 0 aliphatic carbocycles. The van der Waals surface area contributed by atoms with Gasteiger partial charge in [0.1, 0.15) is 0 Å². The van der Waals surface area contributed by atoms with Crippen molar-refractivity contribution in [3.8, 4) is 0 Å². The van der Waals surface area contributed by atoms with Crippen molar-refractivity contribution in [2.24, 2.45) is 0 Å². The minimum absolute atomic E-state index is 0.381. The van der Waals surface area contributed by atoms with Crippen molar-refractivity contribution < 1.29 is 9.31 Å². The molecule has 35 heavy (non-hydrogen) atoms. The maximum Gasteiger partial charge on any atom is 0.494 e. The van der Waals surface area contributed by atoms with Gasteiger partial charge in [-0.25, -0.2) is 0 Å². The quantitative estimate of drug-likeness (QED) is 0.230. The normalized spacial score (nSPS) is 17.9. The summed E-state index contributed by atoms with van der Waals surface area (Å²) in [5.41, 5.74) is 4.03. The molecule has 5 heteroatoms. The van der Waals surface area contributed by atoms with Gasteiger partial charge in [-0.3, -0.25) is 0 Å². The topological polar surface area (TPSA) is 22.9 Å². The first-order valence-electron chi connectivity index (χ1n) is 12.2. The van der Waals surface area contributed by atoms with Gasteiger partial charge in [-0.1, -0.05) is 48.5 Å². The molecule has 0 N–H and O–H groups in total. The van der Waals surface area contributed by atoms with E-state index in [9.17, 15) is 0 Å². The predicted molar refractivity (Wildman–Crippen MR) is 150 cm³/mol. The second-order valence-corrected chi connectivity index (χ2v) is 11.9. The van der Waals surface area contributed by atoms with Crippen molar-refractivity contribution in [3.05, 3.63) is 72.8 Å². The molecule has 0 bridgehead atoms. The van der Waals surface area contributed by atoms with Crippen LogP contribution in [0.4, 0.5) is 0 Å². The van der Waals surface area contributed by atoms with E-state index in [2.05, 4.69) is 105 Å². The van der Waals surface area contributed by atoms with Crippen LogP contribution in [-0.4, -0.2) is 22.7 Å². The highest BCUT2D eigenvalue weighted by atomic mass is 32.1. The van der Waals surface area contributed by atoms with Crippen LogP contribution in [0.1, 0.15) is 27.7 Å². The average Bonchev–Trinajstić information content (AvgIpc) is 3.41. The fourth-order valence-electron chi connectivity index (χ4n) is 5.95. The molecule has 0 spiro atoms. The summed E-state index contributed by atoms with van der Waals surface area (Å²) in [6.45, 7) is 8.47. The Hall–Kier alpha value is -3.12. The third kappa shape index (κ3) is 2.43. The Balaban J connectivity index is 1.63. The SMILES string of the molecule is CC1(C)OB(c2cc3sc4cccc5c6cccc7c8ccccc8n(c(c2)c3c45)c67)OC1(C)C. The second kappa shape index (κ2) is 6.35. The molecule has 0 saturated carbocycles. The third-order valence-electron chi connectivity index (χ3n) is 8.35. The number of hydrogen-bond donors (Lipinski definition) is 0. The zero-order chi connectivity index (χ0) is 23.7. The maximum atomic E-state index is 6.50. The maximum absolute atomic E-state index is 6.50. The van der Waals surface area contributed by atoms with Gasteiger partial charge in [-0.2, -0.15) is 0 Å². The van der Waals surface area contributed by atoms with E-state index < -0.39 is 7.12 Å². The average molecular weight is 473 g/mol. The van der Waals surface area contributed by atoms with Gasteiger partial charge in [0.05, 0.1) is 27.8 Å². The van der Waals surface area contributed by atoms with Crippen molar-refractivity contribution in [1.82, 2.24) is 4.40 Å². The fourth-order valence-corrected chi connectivity index (χ4v) is 7.15. The number of fused-ring (bicyclic) bond motifs is 5. The summed E-state index contributed by atoms with van der Waals surface area (Å²) < 4.78 is 18.1. The van der Waals surface area contributed by atoms with Crippen LogP contribution in [0.5, 0.6) is 0 Å². The standard InChI is InChI=1S/C30H24BNO2S/c1-29(2)30(3,4)34-31(33-29)17-15-23-27-25(16-17)35-24-14-8-10-19(26(24)27)21-12-7-11-20-18-9-5-6-13-22(18)32(23)28(20)21/h5-16H,1-4H3. The van der Waals surface area contributed by atoms with Gasteiger partial charge in [0.2, 0.25) is 0 Å². The summed E-state index contributed by atoms with van der Waals surface area (Å²) in [5.74, 6) is 0. The van der Waals surface area contributed by atoms with Gasteiger partial charge in [0, 0.05) is 36.3 Å². The van der Waals surface area contributed by atoms with Gasteiger partial charge >= 0.3 is 7.12 Å². The molecule has 4 aromatic carbocycles. The molecule has 3 aromatic heterocycles. The molecule has 0 amide bonds. The smallest absolute Gasteiger partial charge is 0.399 e. The third-order valence-corrected chi connectivity index (χ3v) is 9.45. The van der Waals surface area contributed by atoms with Crippen LogP contribution in [0.3, 0.4) is 0 Å². The van der Waals surface area contributed by atoms with Crippen LogP contribution in [0.2, 0.25) is 0 Å². The van der Waals surface area contributed by atoms with Crippen molar-refractivity contribution in [1.29, 1.82) is 0 Å². The summed E-state index contributed by atoms with van der Waals surface area (Å²) in [7, 11) is -0.402. The Kier molecular flexibility index (Phi) is 3.65. The van der Waals surface area contributed by atoms with E-state index in [1.165, 1.54) is 58.3 Å². The molecule has 1 aliphatic heterocycles. The fraction of sp³-hybridized carbons (Fsp3) is 0.200. The Bertz CT molecular complexity index is 1960. The number of aromatic nitrogens is 1. The minimum Gasteiger partial charge on any atom is -0.399 e. The van der Waals surface area contributed by atoms with E-state index in [-0.39, 0.29) is 11.2 Å². The van der Waals surface area contributed by atoms with Gasteiger partial charge in [0.25, 0.3) is 0 Å². The lowest BCUT2D eigenvalue weighted by Gasteiger charge is -2.32. The molecule has 0 atom stereocenters. The summed E-state index contributed by atoms with van der Waals surface area (Å²) in [6.07, 6.45) is 0. The lowest BCUT2D eigenvalue weighted by molar-refractivity contribution is 0.00578. The van der Waals surface area contributed by atoms with Crippen LogP contribution in [0.25, 0.3) is 58.3 Å². The van der Waals surface area contributed by atoms with E-state index in [1.807, 2.05) is 11.3 Å². The van der Waals surface area contributed by atoms with E-state index in [0.717, 1.165) is 5.46 Å². The number of nitrogens with zero attached hydrogens (tertiary/aromatic N) is 1. The largest absolute Gasteiger partial charge is 0.494 e. The molecule has 3 nitrogen and oxygen atoms in total. The highest BCUT2D eigenvalue weighted by molar-refractivity contribution is 7.26. The lowest BCUT2D eigenvalue weighted by Crippen LogP contribution is -2.41. The molecule has 1 fully saturated rings. The van der Waals surface area contributed by atoms with E-state index in [4.69, 9.17) is 9.31 Å². The number of thiophene rings is 1. The Morgan fingerprint density at radius 3 is 2.11 bits per heavy atom. The van der Waals surface area contributed by atoms with Crippen LogP contribution in [0.15, 0.2) is 72.8 Å². The van der Waals surface area contributed by atoms with Gasteiger partial charge in [0.15, 0.2) is 0 Å². The number of hydrogen-bond acceptors (Lipinski definition) is 3. The highest BCUT2D eigenvalue weighted by Crippen LogP contribution is 2.45. The molecule has 1 saturated heterocycles. The molecule has 1 aliphatic rings. The molecule has 170 valence electrons. The monoisotopic (exact) mass is 473 g/mol. The molecule has 4 heterocycles. The zero-order valence-corrected chi connectivity index (χ0v) is 21.0. The van der Waals surface area contributed by atoms with Gasteiger partial charge in [-0.15, -0.1) is 11.3 Å². The number of para-hydroxylation sites is 2. The van der Waals surface area contributed by atoms with E-state index >= 15 is 0 Å². The molecule has 7 aromatic rings. The highest BCUT2D eigenvalue weighted by Gasteiger charge is 2.51. The molecule has 0 unspecified atom stereocenters. The number of benzene rings is 4. The predicted octanol–water partition coefficient (Wildman–Crippen LogP) is 7.50. The van der Waals surface area contributed by atoms with Crippen molar-refractivity contribution >= 4 is 82.2 Å². The zero-order valence-electron chi connectivity index (χ0n) is 20.2. The van der Waals surface area contributed by atoms with Gasteiger partial charge in [-0.05, 0) is 62.8 Å². The van der Waals surface area contributed by atoms with Crippen LogP contribution < -0.4 is 5.46 Å². The summed E-state index contributed by atoms with van der Waals surface area (Å²) in [6, 6.07) is 26.8. The summed E-state index contributed by atoms with van der Waals surface area (Å²) in [4.78, 5) is 0. The van der Waals surface area contributed by atoms with Crippen LogP contribution in [0, 0.1) is 0 Å². The molecular formula is C30H24BNO2S. The first-order valence-corrected chi connectivity index (χ1v) is 13.0. The molecular weight excluding hydrogens is 449 g/mol. The molecule has 0 radical (unpaired) electrons. The van der Waals surface area contributed by atoms with E-state index in [0.29, 0.717) is 0 Å². The Morgan fingerprint density at radius 2 is 1.31 bits per heavy atom. The van der Waals surface area contributed by atoms with Crippen LogP contribution >= 0.6 is 11.3 Å². The first-order chi connectivity index (χ1) is 16.8. The van der Waals surface area contributed by atoms with E-state index in [1.54, 1.807) is 0 Å². The first kappa shape index (κ1) is 20.1. The number of rotatable bonds is 1. The Morgan fingerprint density at radius 1 is 0.657 bits per heavy atom. The van der Waals surface area contributed by atoms with Crippen molar-refractivity contribution in [2.75, 3.05) is 0 Å². The van der Waals surface area contributed by atoms with Crippen molar-refractivity contribution in [2.45, 2.75) is 38.9 Å². The molecule has 8 rings (SSSR count). The summed E-state index contributed by atoms with van der Waals surface area (Å²) >= 11 is 1.86. The summed E-state index contributed by atoms with van der Waals surface area (Å²) in [5, 5.41) is 7.84. The van der Waals surface area contributed by atoms with Crippen LogP contribution in [-0.2, 0) is 9.31 Å². The second-order valence-electron chi connectivity index (χ2n) is 10.8. The van der Waals surface area contributed by atoms with Crippen molar-refractivity contribution in [3.63, 3.8) is 0 Å². The lowest BCUT2D eigenvalue weighted by atomic mass is 9.78. The Labute approximate surface area is 207 Å². The van der Waals surface area contributed by atoms with Gasteiger partial charge < -0.3 is 13.7 Å².